The molecular weight excluding hydrogens is 663 g/mol. The van der Waals surface area contributed by atoms with Crippen molar-refractivity contribution in [2.24, 2.45) is 10.2 Å². The molecule has 0 unspecified atom stereocenters. The average Bonchev–Trinajstić information content (AvgIpc) is 3.54. The van der Waals surface area contributed by atoms with Gasteiger partial charge in [0.05, 0.1) is 30.2 Å². The van der Waals surface area contributed by atoms with E-state index in [-0.39, 0.29) is 70.5 Å². The van der Waals surface area contributed by atoms with E-state index in [1.165, 1.54) is 46.9 Å². The van der Waals surface area contributed by atoms with E-state index in [4.69, 9.17) is 0 Å². The van der Waals surface area contributed by atoms with Crippen LogP contribution in [0.3, 0.4) is 0 Å². The van der Waals surface area contributed by atoms with Crippen LogP contribution >= 0.6 is 22.7 Å². The number of fused-ring (bicyclic) bond motifs is 2. The fraction of sp³-hybridized carbons (Fsp3) is 0.0714. The minimum absolute atomic E-state index is 0. The summed E-state index contributed by atoms with van der Waals surface area (Å²) < 4.78 is 74.8. The largest absolute Gasteiger partial charge is 1.00 e. The van der Waals surface area contributed by atoms with E-state index in [2.05, 4.69) is 20.2 Å². The molecule has 0 aliphatic carbocycles. The third-order valence-corrected chi connectivity index (χ3v) is 10.2. The first-order chi connectivity index (χ1) is 19.8. The number of hydrogen-bond donors (Lipinski definition) is 0. The topological polar surface area (TPSA) is 165 Å². The van der Waals surface area contributed by atoms with Gasteiger partial charge in [0.15, 0.2) is 0 Å². The van der Waals surface area contributed by atoms with Crippen molar-refractivity contribution in [3.63, 3.8) is 0 Å². The Kier molecular flexibility index (Phi) is 10.7. The van der Waals surface area contributed by atoms with E-state index in [0.29, 0.717) is 21.1 Å². The Hall–Kier alpha value is -1.92. The van der Waals surface area contributed by atoms with Crippen LogP contribution in [-0.4, -0.2) is 35.9 Å². The molecule has 44 heavy (non-hydrogen) atoms. The smallest absolute Gasteiger partial charge is 0.744 e. The molecule has 212 valence electrons. The molecule has 2 aromatic heterocycles. The SMILES string of the molecule is Cc1ccc2sc(-c3ccc(N=Nc4ccc(-c5nc6cc(C)ccc6s5)cc4S(=O)(=O)[O-])c(S(=O)(=O)[O-])c3)nc2c1.[Na+].[Na+]. The normalized spacial score (nSPS) is 12.0. The summed E-state index contributed by atoms with van der Waals surface area (Å²) in [7, 11) is -10.0. The molecule has 0 fully saturated rings. The zero-order chi connectivity index (χ0) is 29.8. The molecule has 0 radical (unpaired) electrons. The average molecular weight is 681 g/mol. The first kappa shape index (κ1) is 34.9. The molecule has 0 aliphatic heterocycles. The third-order valence-electron chi connectivity index (χ3n) is 6.30. The van der Waals surface area contributed by atoms with Crippen molar-refractivity contribution in [3.05, 3.63) is 83.9 Å². The van der Waals surface area contributed by atoms with Crippen molar-refractivity contribution in [3.8, 4) is 21.1 Å². The zero-order valence-electron chi connectivity index (χ0n) is 23.8. The molecule has 16 heteroatoms. The predicted octanol–water partition coefficient (Wildman–Crippen LogP) is 1.09. The van der Waals surface area contributed by atoms with Crippen molar-refractivity contribution in [1.29, 1.82) is 0 Å². The van der Waals surface area contributed by atoms with Gasteiger partial charge in [-0.15, -0.1) is 32.9 Å². The van der Waals surface area contributed by atoms with Gasteiger partial charge in [-0.3, -0.25) is 0 Å². The predicted molar refractivity (Wildman–Crippen MR) is 160 cm³/mol. The molecule has 0 saturated heterocycles. The monoisotopic (exact) mass is 680 g/mol. The van der Waals surface area contributed by atoms with Gasteiger partial charge in [-0.05, 0) is 85.6 Å². The molecule has 0 saturated carbocycles. The number of aryl methyl sites for hydroxylation is 2. The number of aromatic nitrogens is 2. The van der Waals surface area contributed by atoms with Gasteiger partial charge >= 0.3 is 59.1 Å². The van der Waals surface area contributed by atoms with Gasteiger partial charge in [0.1, 0.15) is 41.6 Å². The standard InChI is InChI=1S/C28H20N4O6S4.2Na/c1-15-3-9-23-21(11-15)29-27(39-23)17-5-7-19(25(13-17)41(33,34)35)31-32-20-8-6-18(14-26(20)42(36,37)38)28-30-22-12-16(2)4-10-24(22)40-28;;/h3-14H,1-2H3,(H,33,34,35)(H,36,37,38);;/q;2*+1/p-2. The molecule has 0 bridgehead atoms. The number of rotatable bonds is 6. The molecule has 10 nitrogen and oxygen atoms in total. The second kappa shape index (κ2) is 13.4. The molecule has 6 rings (SSSR count). The Morgan fingerprint density at radius 3 is 1.34 bits per heavy atom. The minimum Gasteiger partial charge on any atom is -0.744 e. The van der Waals surface area contributed by atoms with Crippen molar-refractivity contribution < 1.29 is 85.1 Å². The van der Waals surface area contributed by atoms with Crippen molar-refractivity contribution in [2.45, 2.75) is 23.6 Å². The third kappa shape index (κ3) is 7.38. The van der Waals surface area contributed by atoms with Crippen molar-refractivity contribution in [2.75, 3.05) is 0 Å². The quantitative estimate of drug-likeness (QED) is 0.143. The van der Waals surface area contributed by atoms with Crippen LogP contribution < -0.4 is 59.1 Å². The van der Waals surface area contributed by atoms with E-state index >= 15 is 0 Å². The number of hydrogen-bond acceptors (Lipinski definition) is 12. The summed E-state index contributed by atoms with van der Waals surface area (Å²) in [6.45, 7) is 3.86. The summed E-state index contributed by atoms with van der Waals surface area (Å²) in [5.74, 6) is 0. The van der Waals surface area contributed by atoms with Gasteiger partial charge in [0, 0.05) is 11.1 Å². The van der Waals surface area contributed by atoms with E-state index in [0.717, 1.165) is 43.7 Å². The maximum atomic E-state index is 12.2. The Bertz CT molecular complexity index is 2140. The van der Waals surface area contributed by atoms with E-state index in [1.807, 2.05) is 50.2 Å². The fourth-order valence-corrected chi connectivity index (χ4v) is 7.45. The van der Waals surface area contributed by atoms with E-state index in [1.54, 1.807) is 0 Å². The zero-order valence-corrected chi connectivity index (χ0v) is 31.1. The maximum Gasteiger partial charge on any atom is 1.00 e. The number of azo groups is 1. The van der Waals surface area contributed by atoms with Gasteiger partial charge in [-0.2, -0.15) is 0 Å². The molecule has 0 N–H and O–H groups in total. The summed E-state index contributed by atoms with van der Waals surface area (Å²) in [6, 6.07) is 19.4. The van der Waals surface area contributed by atoms with Crippen LogP contribution in [0.1, 0.15) is 11.1 Å². The summed E-state index contributed by atoms with van der Waals surface area (Å²) in [4.78, 5) is 7.76. The van der Waals surface area contributed by atoms with Gasteiger partial charge < -0.3 is 9.11 Å². The second-order valence-electron chi connectivity index (χ2n) is 9.45. The molecule has 0 amide bonds. The van der Waals surface area contributed by atoms with Crippen LogP contribution in [0, 0.1) is 13.8 Å². The summed E-state index contributed by atoms with van der Waals surface area (Å²) in [6.07, 6.45) is 0. The number of benzene rings is 4. The fourth-order valence-electron chi connectivity index (χ4n) is 4.29. The maximum absolute atomic E-state index is 12.2. The minimum atomic E-state index is -5.02. The van der Waals surface area contributed by atoms with E-state index in [9.17, 15) is 25.9 Å². The Labute approximate surface area is 305 Å². The van der Waals surface area contributed by atoms with Crippen molar-refractivity contribution >= 4 is 74.7 Å². The summed E-state index contributed by atoms with van der Waals surface area (Å²) in [5, 5.41) is 8.74. The number of thiazole rings is 2. The van der Waals surface area contributed by atoms with Crippen LogP contribution in [-0.2, 0) is 20.2 Å². The number of nitrogens with zero attached hydrogens (tertiary/aromatic N) is 4. The van der Waals surface area contributed by atoms with Crippen LogP contribution in [0.15, 0.2) is 92.8 Å². The summed E-state index contributed by atoms with van der Waals surface area (Å²) >= 11 is 2.67. The second-order valence-corrected chi connectivity index (χ2v) is 14.2. The molecule has 0 spiro atoms. The Morgan fingerprint density at radius 1 is 0.591 bits per heavy atom. The molecule has 0 atom stereocenters. The molecular formula is C28H18N4Na2O6S4. The van der Waals surface area contributed by atoms with E-state index < -0.39 is 30.0 Å². The van der Waals surface area contributed by atoms with Crippen LogP contribution in [0.5, 0.6) is 0 Å². The summed E-state index contributed by atoms with van der Waals surface area (Å²) in [5.41, 5.74) is 3.65. The molecule has 2 heterocycles. The van der Waals surface area contributed by atoms with Crippen LogP contribution in [0.25, 0.3) is 41.6 Å². The molecule has 4 aromatic carbocycles. The molecule has 0 aliphatic rings. The van der Waals surface area contributed by atoms with Crippen LogP contribution in [0.2, 0.25) is 0 Å². The van der Waals surface area contributed by atoms with Gasteiger partial charge in [-0.25, -0.2) is 26.8 Å². The van der Waals surface area contributed by atoms with Gasteiger partial charge in [0.2, 0.25) is 0 Å². The Morgan fingerprint density at radius 2 is 0.977 bits per heavy atom. The first-order valence-corrected chi connectivity index (χ1v) is 16.7. The van der Waals surface area contributed by atoms with Gasteiger partial charge in [-0.1, -0.05) is 12.1 Å². The van der Waals surface area contributed by atoms with Crippen molar-refractivity contribution in [1.82, 2.24) is 9.97 Å². The Balaban J connectivity index is 0.00000221. The van der Waals surface area contributed by atoms with Crippen LogP contribution in [0.4, 0.5) is 11.4 Å². The first-order valence-electron chi connectivity index (χ1n) is 12.2. The van der Waals surface area contributed by atoms with Gasteiger partial charge in [0.25, 0.3) is 0 Å². The molecule has 6 aromatic rings.